The SMILES string of the molecule is COc1c(OC(C)C)ccc(OC(C)C)c1C=O. The first-order valence-corrected chi connectivity index (χ1v) is 5.99. The van der Waals surface area contributed by atoms with E-state index >= 15 is 0 Å². The zero-order chi connectivity index (χ0) is 13.7. The van der Waals surface area contributed by atoms with Crippen molar-refractivity contribution < 1.29 is 19.0 Å². The highest BCUT2D eigenvalue weighted by Crippen LogP contribution is 2.37. The lowest BCUT2D eigenvalue weighted by molar-refractivity contribution is 0.111. The van der Waals surface area contributed by atoms with Gasteiger partial charge in [0.05, 0.1) is 19.3 Å². The second-order valence-electron chi connectivity index (χ2n) is 4.46. The summed E-state index contributed by atoms with van der Waals surface area (Å²) in [6.45, 7) is 7.64. The molecule has 0 saturated heterocycles. The Morgan fingerprint density at radius 1 is 1.00 bits per heavy atom. The molecule has 0 aliphatic heterocycles. The summed E-state index contributed by atoms with van der Waals surface area (Å²) in [6, 6.07) is 3.48. The summed E-state index contributed by atoms with van der Waals surface area (Å²) < 4.78 is 16.4. The van der Waals surface area contributed by atoms with Gasteiger partial charge < -0.3 is 14.2 Å². The van der Waals surface area contributed by atoms with Gasteiger partial charge in [-0.1, -0.05) is 0 Å². The number of carbonyl (C=O) groups excluding carboxylic acids is 1. The molecule has 4 nitrogen and oxygen atoms in total. The normalized spacial score (nSPS) is 10.6. The van der Waals surface area contributed by atoms with E-state index in [0.29, 0.717) is 22.8 Å². The molecule has 0 radical (unpaired) electrons. The molecule has 0 aliphatic rings. The monoisotopic (exact) mass is 252 g/mol. The minimum atomic E-state index is -0.00901. The van der Waals surface area contributed by atoms with E-state index in [9.17, 15) is 4.79 Å². The summed E-state index contributed by atoms with van der Waals surface area (Å²) in [5.74, 6) is 1.47. The molecule has 0 fully saturated rings. The largest absolute Gasteiger partial charge is 0.492 e. The molecule has 1 rings (SSSR count). The Bertz CT molecular complexity index is 411. The number of ether oxygens (including phenoxy) is 3. The summed E-state index contributed by atoms with van der Waals surface area (Å²) in [5, 5.41) is 0. The Kier molecular flexibility index (Phi) is 5.01. The van der Waals surface area contributed by atoms with Crippen molar-refractivity contribution >= 4 is 6.29 Å². The van der Waals surface area contributed by atoms with E-state index in [0.717, 1.165) is 6.29 Å². The number of carbonyl (C=O) groups is 1. The number of hydrogen-bond donors (Lipinski definition) is 0. The number of hydrogen-bond acceptors (Lipinski definition) is 4. The van der Waals surface area contributed by atoms with Crippen LogP contribution in [0.5, 0.6) is 17.2 Å². The summed E-state index contributed by atoms with van der Waals surface area (Å²) in [7, 11) is 1.51. The van der Waals surface area contributed by atoms with Crippen LogP contribution in [0.25, 0.3) is 0 Å². The van der Waals surface area contributed by atoms with Crippen molar-refractivity contribution in [1.29, 1.82) is 0 Å². The molecule has 1 aromatic carbocycles. The van der Waals surface area contributed by atoms with E-state index in [2.05, 4.69) is 0 Å². The van der Waals surface area contributed by atoms with Gasteiger partial charge in [-0.2, -0.15) is 0 Å². The number of methoxy groups -OCH3 is 1. The van der Waals surface area contributed by atoms with Gasteiger partial charge in [0.1, 0.15) is 11.3 Å². The van der Waals surface area contributed by atoms with E-state index < -0.39 is 0 Å². The fourth-order valence-electron chi connectivity index (χ4n) is 1.59. The molecule has 0 N–H and O–H groups in total. The average Bonchev–Trinajstić information content (AvgIpc) is 2.29. The number of benzene rings is 1. The lowest BCUT2D eigenvalue weighted by Gasteiger charge is -2.18. The standard InChI is InChI=1S/C14H20O4/c1-9(2)17-12-6-7-13(18-10(3)4)14(16-5)11(12)8-15/h6-10H,1-5H3. The van der Waals surface area contributed by atoms with Crippen LogP contribution in [0.1, 0.15) is 38.1 Å². The highest BCUT2D eigenvalue weighted by Gasteiger charge is 2.17. The Balaban J connectivity index is 3.22. The second-order valence-corrected chi connectivity index (χ2v) is 4.46. The molecule has 18 heavy (non-hydrogen) atoms. The lowest BCUT2D eigenvalue weighted by Crippen LogP contribution is -2.10. The molecule has 0 saturated carbocycles. The quantitative estimate of drug-likeness (QED) is 0.730. The zero-order valence-electron chi connectivity index (χ0n) is 11.5. The maximum atomic E-state index is 11.2. The van der Waals surface area contributed by atoms with Crippen molar-refractivity contribution in [2.24, 2.45) is 0 Å². The number of rotatable bonds is 6. The van der Waals surface area contributed by atoms with Gasteiger partial charge in [0.2, 0.25) is 0 Å². The van der Waals surface area contributed by atoms with Crippen molar-refractivity contribution in [3.63, 3.8) is 0 Å². The lowest BCUT2D eigenvalue weighted by atomic mass is 10.1. The van der Waals surface area contributed by atoms with Crippen LogP contribution in [0.3, 0.4) is 0 Å². The van der Waals surface area contributed by atoms with Crippen LogP contribution in [0.4, 0.5) is 0 Å². The average molecular weight is 252 g/mol. The molecule has 100 valence electrons. The molecule has 0 unspecified atom stereocenters. The van der Waals surface area contributed by atoms with Crippen molar-refractivity contribution in [2.45, 2.75) is 39.9 Å². The summed E-state index contributed by atoms with van der Waals surface area (Å²) in [4.78, 5) is 11.2. The molecule has 0 aromatic heterocycles. The third-order valence-electron chi connectivity index (χ3n) is 2.17. The predicted octanol–water partition coefficient (Wildman–Crippen LogP) is 3.08. The third-order valence-corrected chi connectivity index (χ3v) is 2.17. The van der Waals surface area contributed by atoms with Crippen LogP contribution in [-0.2, 0) is 0 Å². The van der Waals surface area contributed by atoms with Gasteiger partial charge in [0.15, 0.2) is 17.8 Å². The van der Waals surface area contributed by atoms with Crippen molar-refractivity contribution in [1.82, 2.24) is 0 Å². The van der Waals surface area contributed by atoms with Crippen LogP contribution in [0, 0.1) is 0 Å². The fourth-order valence-corrected chi connectivity index (χ4v) is 1.59. The molecule has 0 aliphatic carbocycles. The molecule has 0 spiro atoms. The van der Waals surface area contributed by atoms with Gasteiger partial charge in [-0.15, -0.1) is 0 Å². The van der Waals surface area contributed by atoms with E-state index in [4.69, 9.17) is 14.2 Å². The van der Waals surface area contributed by atoms with Crippen molar-refractivity contribution in [2.75, 3.05) is 7.11 Å². The molecular weight excluding hydrogens is 232 g/mol. The Morgan fingerprint density at radius 2 is 1.50 bits per heavy atom. The Morgan fingerprint density at radius 3 is 1.94 bits per heavy atom. The minimum Gasteiger partial charge on any atom is -0.492 e. The minimum absolute atomic E-state index is 0.00901. The zero-order valence-corrected chi connectivity index (χ0v) is 11.5. The van der Waals surface area contributed by atoms with E-state index in [-0.39, 0.29) is 12.2 Å². The van der Waals surface area contributed by atoms with Gasteiger partial charge >= 0.3 is 0 Å². The van der Waals surface area contributed by atoms with Crippen LogP contribution in [0.2, 0.25) is 0 Å². The number of aldehydes is 1. The molecule has 0 atom stereocenters. The highest BCUT2D eigenvalue weighted by atomic mass is 16.5. The smallest absolute Gasteiger partial charge is 0.175 e. The molecule has 4 heteroatoms. The van der Waals surface area contributed by atoms with Crippen LogP contribution in [0.15, 0.2) is 12.1 Å². The van der Waals surface area contributed by atoms with Gasteiger partial charge in [0, 0.05) is 0 Å². The third kappa shape index (κ3) is 3.39. The summed E-state index contributed by atoms with van der Waals surface area (Å²) in [6.07, 6.45) is 0.726. The van der Waals surface area contributed by atoms with Gasteiger partial charge in [-0.25, -0.2) is 0 Å². The first-order valence-electron chi connectivity index (χ1n) is 5.99. The van der Waals surface area contributed by atoms with Gasteiger partial charge in [-0.3, -0.25) is 4.79 Å². The maximum absolute atomic E-state index is 11.2. The summed E-state index contributed by atoms with van der Waals surface area (Å²) >= 11 is 0. The Hall–Kier alpha value is -1.71. The second kappa shape index (κ2) is 6.28. The van der Waals surface area contributed by atoms with Crippen molar-refractivity contribution in [3.8, 4) is 17.2 Å². The van der Waals surface area contributed by atoms with E-state index in [1.165, 1.54) is 7.11 Å². The Labute approximate surface area is 108 Å². The van der Waals surface area contributed by atoms with E-state index in [1.807, 2.05) is 27.7 Å². The fraction of sp³-hybridized carbons (Fsp3) is 0.500. The van der Waals surface area contributed by atoms with Gasteiger partial charge in [-0.05, 0) is 39.8 Å². The molecule has 0 bridgehead atoms. The van der Waals surface area contributed by atoms with Crippen LogP contribution in [-0.4, -0.2) is 25.6 Å². The maximum Gasteiger partial charge on any atom is 0.175 e. The summed E-state index contributed by atoms with van der Waals surface area (Å²) in [5.41, 5.74) is 0.379. The highest BCUT2D eigenvalue weighted by molar-refractivity contribution is 5.85. The predicted molar refractivity (Wildman–Crippen MR) is 69.9 cm³/mol. The molecule has 0 amide bonds. The first kappa shape index (κ1) is 14.4. The molecular formula is C14H20O4. The van der Waals surface area contributed by atoms with Gasteiger partial charge in [0.25, 0.3) is 0 Å². The van der Waals surface area contributed by atoms with Crippen LogP contribution < -0.4 is 14.2 Å². The molecule has 1 aromatic rings. The topological polar surface area (TPSA) is 44.8 Å². The first-order chi connectivity index (χ1) is 8.49. The van der Waals surface area contributed by atoms with E-state index in [1.54, 1.807) is 12.1 Å². The molecule has 0 heterocycles. The van der Waals surface area contributed by atoms with Crippen molar-refractivity contribution in [3.05, 3.63) is 17.7 Å². The van der Waals surface area contributed by atoms with Crippen LogP contribution >= 0.6 is 0 Å².